The van der Waals surface area contributed by atoms with Crippen LogP contribution < -0.4 is 15.4 Å². The molecule has 118 valence electrons. The molecule has 0 aromatic heterocycles. The molecule has 2 N–H and O–H groups in total. The van der Waals surface area contributed by atoms with E-state index in [1.54, 1.807) is 19.2 Å². The largest absolute Gasteiger partial charge is 0.495 e. The summed E-state index contributed by atoms with van der Waals surface area (Å²) in [4.78, 5) is 4.31. The van der Waals surface area contributed by atoms with Crippen LogP contribution in [0, 0.1) is 11.3 Å². The van der Waals surface area contributed by atoms with Gasteiger partial charge in [0, 0.05) is 26.1 Å². The van der Waals surface area contributed by atoms with Gasteiger partial charge in [-0.05, 0) is 25.6 Å². The number of likely N-dealkylation sites (tertiary alicyclic amines) is 1. The van der Waals surface area contributed by atoms with E-state index >= 15 is 0 Å². The molecule has 1 spiro atoms. The molecular formula is C16H21FN4O. The predicted molar refractivity (Wildman–Crippen MR) is 83.8 cm³/mol. The fourth-order valence-corrected chi connectivity index (χ4v) is 3.62. The number of benzene rings is 1. The molecular weight excluding hydrogens is 283 g/mol. The number of nitrogens with two attached hydrogens (primary N) is 1. The number of likely N-dealkylation sites (N-methyl/N-ethyl adjacent to an activating group) is 1. The van der Waals surface area contributed by atoms with Crippen molar-refractivity contribution in [3.63, 3.8) is 0 Å². The lowest BCUT2D eigenvalue weighted by Gasteiger charge is -2.58. The molecule has 2 aliphatic rings. The lowest BCUT2D eigenvalue weighted by Crippen LogP contribution is -2.72. The third-order valence-electron chi connectivity index (χ3n) is 4.98. The van der Waals surface area contributed by atoms with Gasteiger partial charge in [-0.3, -0.25) is 4.90 Å². The maximum atomic E-state index is 13.8. The summed E-state index contributed by atoms with van der Waals surface area (Å²) < 4.78 is 19.2. The van der Waals surface area contributed by atoms with Gasteiger partial charge in [0.2, 0.25) is 0 Å². The summed E-state index contributed by atoms with van der Waals surface area (Å²) in [6, 6.07) is 5.62. The molecule has 22 heavy (non-hydrogen) atoms. The van der Waals surface area contributed by atoms with Crippen LogP contribution in [0.1, 0.15) is 18.4 Å². The van der Waals surface area contributed by atoms with Crippen molar-refractivity contribution in [1.82, 2.24) is 4.90 Å². The number of ether oxygens (including phenoxy) is 1. The van der Waals surface area contributed by atoms with E-state index in [-0.39, 0.29) is 5.54 Å². The zero-order valence-corrected chi connectivity index (χ0v) is 13.0. The monoisotopic (exact) mass is 304 g/mol. The highest BCUT2D eigenvalue weighted by atomic mass is 19.1. The van der Waals surface area contributed by atoms with Gasteiger partial charge in [-0.1, -0.05) is 0 Å². The van der Waals surface area contributed by atoms with Crippen LogP contribution >= 0.6 is 0 Å². The van der Waals surface area contributed by atoms with Crippen molar-refractivity contribution in [3.05, 3.63) is 17.7 Å². The number of methoxy groups -OCH3 is 1. The van der Waals surface area contributed by atoms with Crippen LogP contribution in [0.4, 0.5) is 15.8 Å². The fraction of sp³-hybridized carbons (Fsp3) is 0.562. The summed E-state index contributed by atoms with van der Waals surface area (Å²) in [7, 11) is 3.63. The highest BCUT2D eigenvalue weighted by molar-refractivity contribution is 5.77. The van der Waals surface area contributed by atoms with Crippen molar-refractivity contribution in [1.29, 1.82) is 5.26 Å². The molecule has 0 aliphatic carbocycles. The normalized spacial score (nSPS) is 23.9. The average Bonchev–Trinajstić information content (AvgIpc) is 2.47. The Morgan fingerprint density at radius 1 is 1.45 bits per heavy atom. The molecule has 1 unspecified atom stereocenters. The maximum absolute atomic E-state index is 13.8. The number of nitrogens with zero attached hydrogens (tertiary/aromatic N) is 3. The van der Waals surface area contributed by atoms with Crippen LogP contribution in [0.3, 0.4) is 0 Å². The lowest BCUT2D eigenvalue weighted by atomic mass is 9.78. The molecule has 2 saturated heterocycles. The zero-order valence-electron chi connectivity index (χ0n) is 13.0. The molecule has 0 amide bonds. The number of anilines is 2. The maximum Gasteiger partial charge on any atom is 0.143 e. The molecule has 0 radical (unpaired) electrons. The van der Waals surface area contributed by atoms with Crippen LogP contribution in [-0.2, 0) is 0 Å². The molecule has 0 saturated carbocycles. The van der Waals surface area contributed by atoms with E-state index in [0.29, 0.717) is 42.9 Å². The number of nitrogen functional groups attached to an aromatic ring is 1. The number of alkyl halides is 1. The van der Waals surface area contributed by atoms with Gasteiger partial charge in [0.25, 0.3) is 0 Å². The predicted octanol–water partition coefficient (Wildman–Crippen LogP) is 1.77. The van der Waals surface area contributed by atoms with Crippen LogP contribution in [0.25, 0.3) is 0 Å². The zero-order chi connectivity index (χ0) is 15.9. The van der Waals surface area contributed by atoms with Crippen molar-refractivity contribution in [2.75, 3.05) is 44.4 Å². The molecule has 1 atom stereocenters. The van der Waals surface area contributed by atoms with Crippen molar-refractivity contribution < 1.29 is 9.13 Å². The van der Waals surface area contributed by atoms with E-state index in [2.05, 4.69) is 15.9 Å². The number of piperidine rings is 1. The Morgan fingerprint density at radius 2 is 2.18 bits per heavy atom. The highest BCUT2D eigenvalue weighted by Crippen LogP contribution is 2.44. The molecule has 6 heteroatoms. The van der Waals surface area contributed by atoms with Gasteiger partial charge in [0.05, 0.1) is 24.0 Å². The first-order valence-electron chi connectivity index (χ1n) is 7.47. The second-order valence-electron chi connectivity index (χ2n) is 6.28. The molecule has 1 aromatic carbocycles. The Hall–Kier alpha value is -2.00. The molecule has 0 bridgehead atoms. The first-order valence-corrected chi connectivity index (χ1v) is 7.47. The summed E-state index contributed by atoms with van der Waals surface area (Å²) in [5.74, 6) is 0.635. The summed E-state index contributed by atoms with van der Waals surface area (Å²) in [5.41, 5.74) is 7.38. The smallest absolute Gasteiger partial charge is 0.143 e. The van der Waals surface area contributed by atoms with Gasteiger partial charge in [-0.2, -0.15) is 5.26 Å². The van der Waals surface area contributed by atoms with Gasteiger partial charge in [-0.15, -0.1) is 0 Å². The van der Waals surface area contributed by atoms with Gasteiger partial charge in [-0.25, -0.2) is 4.39 Å². The van der Waals surface area contributed by atoms with E-state index < -0.39 is 6.17 Å². The number of halogens is 1. The van der Waals surface area contributed by atoms with Crippen molar-refractivity contribution in [2.45, 2.75) is 24.6 Å². The van der Waals surface area contributed by atoms with Crippen molar-refractivity contribution >= 4 is 11.4 Å². The number of hydrogen-bond acceptors (Lipinski definition) is 5. The second-order valence-corrected chi connectivity index (χ2v) is 6.28. The minimum atomic E-state index is -0.739. The molecule has 2 fully saturated rings. The first kappa shape index (κ1) is 14.9. The summed E-state index contributed by atoms with van der Waals surface area (Å²) in [6.45, 7) is 2.16. The lowest BCUT2D eigenvalue weighted by molar-refractivity contribution is 0.00709. The summed E-state index contributed by atoms with van der Waals surface area (Å²) in [6.07, 6.45) is 0.409. The van der Waals surface area contributed by atoms with Crippen LogP contribution in [0.5, 0.6) is 5.75 Å². The minimum Gasteiger partial charge on any atom is -0.495 e. The molecule has 5 nitrogen and oxygen atoms in total. The highest BCUT2D eigenvalue weighted by Gasteiger charge is 2.50. The Labute approximate surface area is 130 Å². The van der Waals surface area contributed by atoms with E-state index in [1.165, 1.54) is 0 Å². The van der Waals surface area contributed by atoms with Gasteiger partial charge >= 0.3 is 0 Å². The Morgan fingerprint density at radius 3 is 2.82 bits per heavy atom. The SMILES string of the molecule is COc1ccc(N)c(C#N)c1N1CC2(CC(F)CCN2C)C1. The quantitative estimate of drug-likeness (QED) is 0.844. The topological polar surface area (TPSA) is 65.5 Å². The van der Waals surface area contributed by atoms with Crippen LogP contribution in [0.2, 0.25) is 0 Å². The first-order chi connectivity index (χ1) is 10.5. The Balaban J connectivity index is 1.89. The van der Waals surface area contributed by atoms with Crippen LogP contribution in [0.15, 0.2) is 12.1 Å². The molecule has 3 rings (SSSR count). The summed E-state index contributed by atoms with van der Waals surface area (Å²) >= 11 is 0. The van der Waals surface area contributed by atoms with E-state index in [1.807, 2.05) is 7.05 Å². The minimum absolute atomic E-state index is 0.139. The van der Waals surface area contributed by atoms with Crippen molar-refractivity contribution in [2.24, 2.45) is 0 Å². The second kappa shape index (κ2) is 5.33. The number of nitriles is 1. The third-order valence-corrected chi connectivity index (χ3v) is 4.98. The standard InChI is InChI=1S/C16H21FN4O/c1-20-6-5-11(17)7-16(20)9-21(10-16)15-12(8-18)13(19)3-4-14(15)22-2/h3-4,11H,5-7,9-10,19H2,1-2H3. The Bertz CT molecular complexity index is 621. The summed E-state index contributed by atoms with van der Waals surface area (Å²) in [5, 5.41) is 9.40. The van der Waals surface area contributed by atoms with E-state index in [9.17, 15) is 9.65 Å². The van der Waals surface area contributed by atoms with E-state index in [4.69, 9.17) is 10.5 Å². The fourth-order valence-electron chi connectivity index (χ4n) is 3.62. The van der Waals surface area contributed by atoms with E-state index in [0.717, 1.165) is 12.2 Å². The molecule has 2 heterocycles. The van der Waals surface area contributed by atoms with Gasteiger partial charge < -0.3 is 15.4 Å². The molecule has 1 aromatic rings. The third kappa shape index (κ3) is 2.17. The van der Waals surface area contributed by atoms with Gasteiger partial charge in [0.1, 0.15) is 23.6 Å². The average molecular weight is 304 g/mol. The molecule has 2 aliphatic heterocycles. The Kier molecular flexibility index (Phi) is 3.61. The van der Waals surface area contributed by atoms with Crippen molar-refractivity contribution in [3.8, 4) is 11.8 Å². The number of rotatable bonds is 2. The van der Waals surface area contributed by atoms with Gasteiger partial charge in [0.15, 0.2) is 0 Å². The van der Waals surface area contributed by atoms with Crippen LogP contribution in [-0.4, -0.2) is 50.4 Å². The number of hydrogen-bond donors (Lipinski definition) is 1.